The maximum Gasteiger partial charge on any atom is 0.344 e. The number of hydrogen-bond donors (Lipinski definition) is 1. The van der Waals surface area contributed by atoms with Crippen molar-refractivity contribution in [1.29, 1.82) is 0 Å². The second kappa shape index (κ2) is 10.1. The number of ether oxygens (including phenoxy) is 3. The second-order valence-electron chi connectivity index (χ2n) is 5.88. The fraction of sp³-hybridized carbons (Fsp3) is 0.350. The number of amides is 1. The van der Waals surface area contributed by atoms with E-state index in [9.17, 15) is 14.4 Å². The minimum atomic E-state index is -0.900. The first kappa shape index (κ1) is 22.5. The summed E-state index contributed by atoms with van der Waals surface area (Å²) in [7, 11) is 0. The SMILES string of the molecule is CCOC(=O)c1c(C)oc(NC(=O)C(C)Oc2ccc(Br)cc2)c1C(=O)OCC. The van der Waals surface area contributed by atoms with E-state index in [1.165, 1.54) is 6.92 Å². The minimum Gasteiger partial charge on any atom is -0.481 e. The third kappa shape index (κ3) is 5.60. The van der Waals surface area contributed by atoms with Gasteiger partial charge in [-0.2, -0.15) is 0 Å². The lowest BCUT2D eigenvalue weighted by Gasteiger charge is -2.14. The molecule has 1 aromatic heterocycles. The zero-order chi connectivity index (χ0) is 21.6. The van der Waals surface area contributed by atoms with Crippen LogP contribution in [0.15, 0.2) is 33.2 Å². The van der Waals surface area contributed by atoms with Gasteiger partial charge in [-0.05, 0) is 52.0 Å². The van der Waals surface area contributed by atoms with Crippen LogP contribution in [0.1, 0.15) is 47.2 Å². The highest BCUT2D eigenvalue weighted by atomic mass is 79.9. The van der Waals surface area contributed by atoms with Gasteiger partial charge in [-0.15, -0.1) is 0 Å². The molecule has 8 nitrogen and oxygen atoms in total. The Balaban J connectivity index is 2.27. The summed E-state index contributed by atoms with van der Waals surface area (Å²) in [4.78, 5) is 37.2. The molecule has 9 heteroatoms. The van der Waals surface area contributed by atoms with Crippen LogP contribution < -0.4 is 10.1 Å². The molecule has 0 aliphatic rings. The maximum atomic E-state index is 12.6. The molecule has 2 rings (SSSR count). The van der Waals surface area contributed by atoms with Crippen LogP contribution in [0, 0.1) is 6.92 Å². The first-order chi connectivity index (χ1) is 13.8. The predicted molar refractivity (Wildman–Crippen MR) is 108 cm³/mol. The number of aryl methyl sites for hydroxylation is 1. The summed E-state index contributed by atoms with van der Waals surface area (Å²) in [5, 5.41) is 2.49. The van der Waals surface area contributed by atoms with E-state index in [1.807, 2.05) is 0 Å². The van der Waals surface area contributed by atoms with E-state index in [0.717, 1.165) is 4.47 Å². The molecule has 2 aromatic rings. The van der Waals surface area contributed by atoms with Crippen molar-refractivity contribution in [3.05, 3.63) is 45.6 Å². The van der Waals surface area contributed by atoms with Gasteiger partial charge in [-0.25, -0.2) is 9.59 Å². The molecule has 1 amide bonds. The maximum absolute atomic E-state index is 12.6. The molecule has 0 radical (unpaired) electrons. The van der Waals surface area contributed by atoms with Crippen molar-refractivity contribution >= 4 is 39.7 Å². The Morgan fingerprint density at radius 2 is 1.59 bits per heavy atom. The lowest BCUT2D eigenvalue weighted by molar-refractivity contribution is -0.122. The summed E-state index contributed by atoms with van der Waals surface area (Å²) in [5.74, 6) is -1.68. The Morgan fingerprint density at radius 1 is 1.03 bits per heavy atom. The third-order valence-electron chi connectivity index (χ3n) is 3.78. The number of furan rings is 1. The van der Waals surface area contributed by atoms with Crippen molar-refractivity contribution < 1.29 is 33.0 Å². The number of benzene rings is 1. The van der Waals surface area contributed by atoms with E-state index < -0.39 is 23.9 Å². The molecule has 0 aliphatic carbocycles. The molecule has 156 valence electrons. The summed E-state index contributed by atoms with van der Waals surface area (Å²) >= 11 is 3.32. The first-order valence-electron chi connectivity index (χ1n) is 8.99. The summed E-state index contributed by atoms with van der Waals surface area (Å²) in [6.07, 6.45) is -0.900. The number of nitrogens with one attached hydrogen (secondary N) is 1. The van der Waals surface area contributed by atoms with Gasteiger partial charge in [0.2, 0.25) is 5.88 Å². The Bertz CT molecular complexity index is 889. The van der Waals surface area contributed by atoms with Crippen LogP contribution in [-0.2, 0) is 14.3 Å². The highest BCUT2D eigenvalue weighted by molar-refractivity contribution is 9.10. The molecule has 0 spiro atoms. The summed E-state index contributed by atoms with van der Waals surface area (Å²) < 4.78 is 21.9. The summed E-state index contributed by atoms with van der Waals surface area (Å²) in [6, 6.07) is 6.96. The van der Waals surface area contributed by atoms with Crippen molar-refractivity contribution in [2.45, 2.75) is 33.8 Å². The van der Waals surface area contributed by atoms with E-state index in [2.05, 4.69) is 21.2 Å². The monoisotopic (exact) mass is 467 g/mol. The third-order valence-corrected chi connectivity index (χ3v) is 4.30. The van der Waals surface area contributed by atoms with Crippen molar-refractivity contribution in [3.63, 3.8) is 0 Å². The van der Waals surface area contributed by atoms with Gasteiger partial charge in [0.1, 0.15) is 22.6 Å². The molecule has 1 heterocycles. The van der Waals surface area contributed by atoms with Crippen LogP contribution in [0.5, 0.6) is 5.75 Å². The van der Waals surface area contributed by atoms with Crippen LogP contribution in [0.25, 0.3) is 0 Å². The van der Waals surface area contributed by atoms with Crippen LogP contribution in [-0.4, -0.2) is 37.2 Å². The highest BCUT2D eigenvalue weighted by Gasteiger charge is 2.32. The standard InChI is InChI=1S/C20H22BrNO7/c1-5-26-19(24)15-11(3)29-18(16(15)20(25)27-6-2)22-17(23)12(4)28-14-9-7-13(21)8-10-14/h7-10,12H,5-6H2,1-4H3,(H,22,23). The van der Waals surface area contributed by atoms with Gasteiger partial charge in [0, 0.05) is 4.47 Å². The molecule has 0 aliphatic heterocycles. The normalized spacial score (nSPS) is 11.5. The first-order valence-corrected chi connectivity index (χ1v) is 9.78. The van der Waals surface area contributed by atoms with Crippen molar-refractivity contribution in [2.24, 2.45) is 0 Å². The Morgan fingerprint density at radius 3 is 2.14 bits per heavy atom. The van der Waals surface area contributed by atoms with Gasteiger partial charge in [-0.1, -0.05) is 15.9 Å². The number of esters is 2. The number of anilines is 1. The molecular formula is C20H22BrNO7. The number of carbonyl (C=O) groups is 3. The number of carbonyl (C=O) groups excluding carboxylic acids is 3. The van der Waals surface area contributed by atoms with Gasteiger partial charge in [-0.3, -0.25) is 10.1 Å². The van der Waals surface area contributed by atoms with Crippen LogP contribution in [0.4, 0.5) is 5.88 Å². The van der Waals surface area contributed by atoms with Crippen LogP contribution >= 0.6 is 15.9 Å². The van der Waals surface area contributed by atoms with Crippen molar-refractivity contribution in [2.75, 3.05) is 18.5 Å². The number of hydrogen-bond acceptors (Lipinski definition) is 7. The molecule has 0 saturated carbocycles. The zero-order valence-corrected chi connectivity index (χ0v) is 18.1. The molecule has 0 saturated heterocycles. The molecule has 1 N–H and O–H groups in total. The molecule has 1 atom stereocenters. The second-order valence-corrected chi connectivity index (χ2v) is 6.80. The Labute approximate surface area is 176 Å². The quantitative estimate of drug-likeness (QED) is 0.582. The fourth-order valence-corrected chi connectivity index (χ4v) is 2.73. The molecule has 1 aromatic carbocycles. The fourth-order valence-electron chi connectivity index (χ4n) is 2.46. The highest BCUT2D eigenvalue weighted by Crippen LogP contribution is 2.29. The topological polar surface area (TPSA) is 104 Å². The van der Waals surface area contributed by atoms with Gasteiger partial charge in [0.15, 0.2) is 6.10 Å². The average Bonchev–Trinajstić information content (AvgIpc) is 2.99. The van der Waals surface area contributed by atoms with E-state index in [0.29, 0.717) is 5.75 Å². The van der Waals surface area contributed by atoms with Crippen molar-refractivity contribution in [1.82, 2.24) is 0 Å². The van der Waals surface area contributed by atoms with Gasteiger partial charge in [0.05, 0.1) is 13.2 Å². The lowest BCUT2D eigenvalue weighted by atomic mass is 10.1. The average molecular weight is 468 g/mol. The van der Waals surface area contributed by atoms with E-state index >= 15 is 0 Å². The molecule has 0 fully saturated rings. The summed E-state index contributed by atoms with van der Waals surface area (Å²) in [6.45, 7) is 6.51. The Kier molecular flexibility index (Phi) is 7.83. The number of halogens is 1. The summed E-state index contributed by atoms with van der Waals surface area (Å²) in [5.41, 5.74) is -0.269. The number of rotatable bonds is 8. The van der Waals surface area contributed by atoms with E-state index in [1.54, 1.807) is 45.0 Å². The largest absolute Gasteiger partial charge is 0.481 e. The molecule has 0 bridgehead atoms. The van der Waals surface area contributed by atoms with Gasteiger partial charge >= 0.3 is 11.9 Å². The molecular weight excluding hydrogens is 446 g/mol. The predicted octanol–water partition coefficient (Wildman–Crippen LogP) is 4.11. The molecule has 1 unspecified atom stereocenters. The van der Waals surface area contributed by atoms with Gasteiger partial charge < -0.3 is 18.6 Å². The zero-order valence-electron chi connectivity index (χ0n) is 16.5. The Hall–Kier alpha value is -2.81. The lowest BCUT2D eigenvalue weighted by Crippen LogP contribution is -2.30. The van der Waals surface area contributed by atoms with Gasteiger partial charge in [0.25, 0.3) is 5.91 Å². The van der Waals surface area contributed by atoms with E-state index in [4.69, 9.17) is 18.6 Å². The molecule has 29 heavy (non-hydrogen) atoms. The van der Waals surface area contributed by atoms with Crippen molar-refractivity contribution in [3.8, 4) is 5.75 Å². The van der Waals surface area contributed by atoms with Crippen LogP contribution in [0.3, 0.4) is 0 Å². The van der Waals surface area contributed by atoms with Crippen LogP contribution in [0.2, 0.25) is 0 Å². The minimum absolute atomic E-state index is 0.0814. The smallest absolute Gasteiger partial charge is 0.344 e. The van der Waals surface area contributed by atoms with E-state index in [-0.39, 0.29) is 36.0 Å².